The summed E-state index contributed by atoms with van der Waals surface area (Å²) in [6.07, 6.45) is 0.905. The van der Waals surface area contributed by atoms with E-state index in [1.165, 1.54) is 0 Å². The molecule has 1 heterocycles. The second kappa shape index (κ2) is 3.56. The van der Waals surface area contributed by atoms with Crippen molar-refractivity contribution >= 4 is 5.69 Å². The van der Waals surface area contributed by atoms with Gasteiger partial charge in [0, 0.05) is 12.1 Å². The van der Waals surface area contributed by atoms with E-state index in [2.05, 4.69) is 5.32 Å². The number of nitrogens with one attached hydrogen (secondary N) is 1. The minimum atomic E-state index is 0.00685. The molecule has 0 radical (unpaired) electrons. The van der Waals surface area contributed by atoms with Crippen LogP contribution in [0.25, 0.3) is 0 Å². The Bertz CT molecular complexity index is 232. The van der Waals surface area contributed by atoms with Crippen LogP contribution in [-0.4, -0.2) is 12.8 Å². The predicted octanol–water partition coefficient (Wildman–Crippen LogP) is 1.78. The molecule has 0 amide bonds. The van der Waals surface area contributed by atoms with Crippen molar-refractivity contribution in [3.8, 4) is 0 Å². The molecule has 64 valence electrons. The molecule has 0 aromatic heterocycles. The number of rotatable bonds is 2. The lowest BCUT2D eigenvalue weighted by molar-refractivity contribution is -0.268. The van der Waals surface area contributed by atoms with Crippen LogP contribution in [0.2, 0.25) is 0 Å². The Labute approximate surface area is 71.2 Å². The molecule has 12 heavy (non-hydrogen) atoms. The third kappa shape index (κ3) is 1.75. The summed E-state index contributed by atoms with van der Waals surface area (Å²) in [5.74, 6) is 0. The van der Waals surface area contributed by atoms with Crippen LogP contribution in [0.4, 0.5) is 5.69 Å². The molecule has 0 aliphatic carbocycles. The van der Waals surface area contributed by atoms with Crippen molar-refractivity contribution in [3.63, 3.8) is 0 Å². The molecule has 3 nitrogen and oxygen atoms in total. The topological polar surface area (TPSA) is 30.5 Å². The maximum Gasteiger partial charge on any atom is 0.164 e. The van der Waals surface area contributed by atoms with Crippen LogP contribution in [-0.2, 0) is 9.78 Å². The lowest BCUT2D eigenvalue weighted by Gasteiger charge is -2.10. The van der Waals surface area contributed by atoms with Gasteiger partial charge in [0.2, 0.25) is 0 Å². The van der Waals surface area contributed by atoms with E-state index in [-0.39, 0.29) is 6.23 Å². The molecule has 1 fully saturated rings. The van der Waals surface area contributed by atoms with Gasteiger partial charge >= 0.3 is 0 Å². The number of para-hydroxylation sites is 1. The molecule has 1 aromatic rings. The first-order valence-electron chi connectivity index (χ1n) is 4.05. The van der Waals surface area contributed by atoms with Crippen molar-refractivity contribution < 1.29 is 9.78 Å². The van der Waals surface area contributed by atoms with Gasteiger partial charge in [-0.25, -0.2) is 9.78 Å². The van der Waals surface area contributed by atoms with Crippen molar-refractivity contribution in [2.45, 2.75) is 12.6 Å². The van der Waals surface area contributed by atoms with Gasteiger partial charge in [0.15, 0.2) is 6.23 Å². The summed E-state index contributed by atoms with van der Waals surface area (Å²) < 4.78 is 0. The Morgan fingerprint density at radius 2 is 2.08 bits per heavy atom. The SMILES string of the molecule is c1ccc(NC2CCOO2)cc1. The van der Waals surface area contributed by atoms with E-state index in [9.17, 15) is 0 Å². The smallest absolute Gasteiger partial charge is 0.164 e. The molecule has 1 N–H and O–H groups in total. The highest BCUT2D eigenvalue weighted by molar-refractivity contribution is 5.42. The van der Waals surface area contributed by atoms with Gasteiger partial charge in [-0.15, -0.1) is 0 Å². The molecule has 1 atom stereocenters. The van der Waals surface area contributed by atoms with E-state index in [0.29, 0.717) is 6.61 Å². The molecule has 0 spiro atoms. The number of hydrogen-bond acceptors (Lipinski definition) is 3. The molecule has 1 aliphatic heterocycles. The fraction of sp³-hybridized carbons (Fsp3) is 0.333. The van der Waals surface area contributed by atoms with Crippen molar-refractivity contribution in [1.82, 2.24) is 0 Å². The highest BCUT2D eigenvalue weighted by Gasteiger charge is 2.15. The van der Waals surface area contributed by atoms with Crippen molar-refractivity contribution in [1.29, 1.82) is 0 Å². The summed E-state index contributed by atoms with van der Waals surface area (Å²) in [5, 5.41) is 3.19. The van der Waals surface area contributed by atoms with Crippen molar-refractivity contribution in [2.24, 2.45) is 0 Å². The van der Waals surface area contributed by atoms with Gasteiger partial charge in [-0.3, -0.25) is 0 Å². The van der Waals surface area contributed by atoms with E-state index < -0.39 is 0 Å². The molecule has 0 saturated carbocycles. The Balaban J connectivity index is 1.94. The fourth-order valence-electron chi connectivity index (χ4n) is 1.15. The molecule has 2 rings (SSSR count). The zero-order chi connectivity index (χ0) is 8.23. The van der Waals surface area contributed by atoms with Gasteiger partial charge < -0.3 is 5.32 Å². The van der Waals surface area contributed by atoms with Gasteiger partial charge in [-0.2, -0.15) is 0 Å². The monoisotopic (exact) mass is 165 g/mol. The molecule has 1 saturated heterocycles. The lowest BCUT2D eigenvalue weighted by atomic mass is 10.3. The van der Waals surface area contributed by atoms with E-state index >= 15 is 0 Å². The Morgan fingerprint density at radius 3 is 2.75 bits per heavy atom. The quantitative estimate of drug-likeness (QED) is 0.677. The number of anilines is 1. The molecule has 1 aromatic carbocycles. The van der Waals surface area contributed by atoms with Crippen LogP contribution in [0, 0.1) is 0 Å². The molecular formula is C9H11NO2. The average molecular weight is 165 g/mol. The zero-order valence-corrected chi connectivity index (χ0v) is 6.69. The van der Waals surface area contributed by atoms with E-state index in [0.717, 1.165) is 12.1 Å². The van der Waals surface area contributed by atoms with Crippen molar-refractivity contribution in [2.75, 3.05) is 11.9 Å². The maximum absolute atomic E-state index is 4.95. The molecule has 1 aliphatic rings. The summed E-state index contributed by atoms with van der Waals surface area (Å²) in [6.45, 7) is 0.671. The molecule has 0 bridgehead atoms. The summed E-state index contributed by atoms with van der Waals surface area (Å²) >= 11 is 0. The van der Waals surface area contributed by atoms with Gasteiger partial charge in [-0.05, 0) is 12.1 Å². The third-order valence-corrected chi connectivity index (χ3v) is 1.75. The predicted molar refractivity (Wildman–Crippen MR) is 45.5 cm³/mol. The van der Waals surface area contributed by atoms with E-state index in [1.54, 1.807) is 0 Å². The Hall–Kier alpha value is -1.06. The molecular weight excluding hydrogens is 154 g/mol. The van der Waals surface area contributed by atoms with Gasteiger partial charge in [0.1, 0.15) is 0 Å². The second-order valence-corrected chi connectivity index (χ2v) is 2.71. The largest absolute Gasteiger partial charge is 0.358 e. The standard InChI is InChI=1S/C9H11NO2/c1-2-4-8(5-3-1)10-9-6-7-11-12-9/h1-5,9-10H,6-7H2. The van der Waals surface area contributed by atoms with Crippen LogP contribution < -0.4 is 5.32 Å². The Kier molecular flexibility index (Phi) is 2.25. The number of benzene rings is 1. The fourth-order valence-corrected chi connectivity index (χ4v) is 1.15. The van der Waals surface area contributed by atoms with Crippen LogP contribution in [0.1, 0.15) is 6.42 Å². The van der Waals surface area contributed by atoms with Gasteiger partial charge in [-0.1, -0.05) is 18.2 Å². The van der Waals surface area contributed by atoms with Crippen LogP contribution in [0.15, 0.2) is 30.3 Å². The van der Waals surface area contributed by atoms with Crippen LogP contribution in [0.5, 0.6) is 0 Å². The highest BCUT2D eigenvalue weighted by Crippen LogP contribution is 2.13. The summed E-state index contributed by atoms with van der Waals surface area (Å²) in [7, 11) is 0. The summed E-state index contributed by atoms with van der Waals surface area (Å²) in [4.78, 5) is 9.71. The zero-order valence-electron chi connectivity index (χ0n) is 6.69. The maximum atomic E-state index is 4.95. The van der Waals surface area contributed by atoms with E-state index in [1.807, 2.05) is 30.3 Å². The van der Waals surface area contributed by atoms with Crippen LogP contribution in [0.3, 0.4) is 0 Å². The minimum Gasteiger partial charge on any atom is -0.358 e. The van der Waals surface area contributed by atoms with Crippen LogP contribution >= 0.6 is 0 Å². The van der Waals surface area contributed by atoms with Gasteiger partial charge in [0.05, 0.1) is 6.61 Å². The first kappa shape index (κ1) is 7.58. The lowest BCUT2D eigenvalue weighted by Crippen LogP contribution is -2.16. The van der Waals surface area contributed by atoms with E-state index in [4.69, 9.17) is 9.78 Å². The number of hydrogen-bond donors (Lipinski definition) is 1. The van der Waals surface area contributed by atoms with Crippen molar-refractivity contribution in [3.05, 3.63) is 30.3 Å². The third-order valence-electron chi connectivity index (χ3n) is 1.75. The molecule has 3 heteroatoms. The van der Waals surface area contributed by atoms with Gasteiger partial charge in [0.25, 0.3) is 0 Å². The first-order chi connectivity index (χ1) is 5.95. The summed E-state index contributed by atoms with van der Waals surface area (Å²) in [5.41, 5.74) is 1.06. The highest BCUT2D eigenvalue weighted by atomic mass is 17.2. The second-order valence-electron chi connectivity index (χ2n) is 2.71. The average Bonchev–Trinajstić information content (AvgIpc) is 2.59. The molecule has 1 unspecified atom stereocenters. The first-order valence-corrected chi connectivity index (χ1v) is 4.05. The minimum absolute atomic E-state index is 0.00685. The Morgan fingerprint density at radius 1 is 1.25 bits per heavy atom. The normalized spacial score (nSPS) is 22.5. The summed E-state index contributed by atoms with van der Waals surface area (Å²) in [6, 6.07) is 9.96.